The quantitative estimate of drug-likeness (QED) is 0.851. The number of fused-ring (bicyclic) bond motifs is 1. The number of aldehydes is 1. The van der Waals surface area contributed by atoms with Crippen LogP contribution in [-0.2, 0) is 11.2 Å². The first kappa shape index (κ1) is 16.1. The van der Waals surface area contributed by atoms with E-state index in [1.165, 1.54) is 18.4 Å². The number of hydrogen-bond donors (Lipinski definition) is 1. The van der Waals surface area contributed by atoms with E-state index in [0.717, 1.165) is 31.2 Å². The molecule has 2 atom stereocenters. The first-order valence-electron chi connectivity index (χ1n) is 9.15. The van der Waals surface area contributed by atoms with E-state index in [1.807, 2.05) is 18.2 Å². The number of rotatable bonds is 5. The Morgan fingerprint density at radius 2 is 1.92 bits per heavy atom. The normalized spacial score (nSPS) is 21.0. The van der Waals surface area contributed by atoms with Crippen molar-refractivity contribution in [2.45, 2.75) is 50.6 Å². The zero-order chi connectivity index (χ0) is 17.2. The number of nitrogens with one attached hydrogen (secondary N) is 1. The van der Waals surface area contributed by atoms with Gasteiger partial charge in [0.2, 0.25) is 0 Å². The number of aryl methyl sites for hydroxylation is 1. The summed E-state index contributed by atoms with van der Waals surface area (Å²) in [5.41, 5.74) is 1.86. The van der Waals surface area contributed by atoms with E-state index in [9.17, 15) is 9.59 Å². The number of carbonyl (C=O) groups is 1. The van der Waals surface area contributed by atoms with Crippen LogP contribution in [-0.4, -0.2) is 15.8 Å². The average Bonchev–Trinajstić information content (AvgIpc) is 3.32. The van der Waals surface area contributed by atoms with Crippen LogP contribution in [0.5, 0.6) is 0 Å². The summed E-state index contributed by atoms with van der Waals surface area (Å²) < 4.78 is 1.61. The van der Waals surface area contributed by atoms with Crippen LogP contribution in [0.15, 0.2) is 41.3 Å². The molecule has 1 aliphatic carbocycles. The lowest BCUT2D eigenvalue weighted by atomic mass is 9.91. The molecule has 1 aliphatic heterocycles. The van der Waals surface area contributed by atoms with Crippen LogP contribution in [0.25, 0.3) is 0 Å². The fourth-order valence-electron chi connectivity index (χ4n) is 4.27. The Kier molecular flexibility index (Phi) is 4.38. The number of carbonyl (C=O) groups excluding carboxylic acids is 1. The smallest absolute Gasteiger partial charge is 0.294 e. The maximum Gasteiger partial charge on any atom is 0.294 e. The second kappa shape index (κ2) is 6.82. The number of nitrogens with zero attached hydrogens (tertiary/aromatic N) is 2. The van der Waals surface area contributed by atoms with E-state index in [0.29, 0.717) is 18.2 Å². The van der Waals surface area contributed by atoms with Crippen molar-refractivity contribution in [2.75, 3.05) is 5.32 Å². The molecule has 1 N–H and O–H groups in total. The Hall–Kier alpha value is -2.43. The van der Waals surface area contributed by atoms with E-state index in [2.05, 4.69) is 22.4 Å². The minimum Gasteiger partial charge on any atom is -0.358 e. The summed E-state index contributed by atoms with van der Waals surface area (Å²) in [4.78, 5) is 28.6. The Morgan fingerprint density at radius 1 is 1.16 bits per heavy atom. The number of anilines is 1. The van der Waals surface area contributed by atoms with Crippen molar-refractivity contribution in [1.82, 2.24) is 9.55 Å². The molecule has 2 aromatic rings. The first-order valence-corrected chi connectivity index (χ1v) is 9.15. The van der Waals surface area contributed by atoms with Gasteiger partial charge in [0.05, 0.1) is 12.1 Å². The molecule has 4 rings (SSSR count). The van der Waals surface area contributed by atoms with Gasteiger partial charge in [0.1, 0.15) is 6.29 Å². The van der Waals surface area contributed by atoms with Crippen molar-refractivity contribution >= 4 is 12.1 Å². The average molecular weight is 337 g/mol. The number of hydrogen-bond acceptors (Lipinski definition) is 4. The van der Waals surface area contributed by atoms with Gasteiger partial charge in [0.25, 0.3) is 5.56 Å². The lowest BCUT2D eigenvalue weighted by molar-refractivity contribution is -0.110. The number of benzene rings is 1. The van der Waals surface area contributed by atoms with Gasteiger partial charge in [-0.05, 0) is 37.2 Å². The molecule has 2 aliphatic rings. The SMILES string of the molecule is O=CC1CCc2cnc(NC(c3ccccc3)C3CCCC3)c(=O)n21. The zero-order valence-electron chi connectivity index (χ0n) is 14.2. The lowest BCUT2D eigenvalue weighted by Gasteiger charge is -2.26. The highest BCUT2D eigenvalue weighted by Crippen LogP contribution is 2.37. The van der Waals surface area contributed by atoms with Crippen molar-refractivity contribution in [3.8, 4) is 0 Å². The van der Waals surface area contributed by atoms with Crippen LogP contribution in [0.2, 0.25) is 0 Å². The van der Waals surface area contributed by atoms with E-state index >= 15 is 0 Å². The van der Waals surface area contributed by atoms with Crippen LogP contribution in [0.1, 0.15) is 55.4 Å². The standard InChI is InChI=1S/C20H23N3O2/c24-13-17-11-10-16-12-21-19(20(25)23(16)17)22-18(15-8-4-5-9-15)14-6-2-1-3-7-14/h1-3,6-7,12-13,15,17-18H,4-5,8-11H2,(H,21,22). The fourth-order valence-corrected chi connectivity index (χ4v) is 4.27. The fraction of sp³-hybridized carbons (Fsp3) is 0.450. The van der Waals surface area contributed by atoms with Crippen LogP contribution in [0.4, 0.5) is 5.82 Å². The minimum absolute atomic E-state index is 0.0821. The summed E-state index contributed by atoms with van der Waals surface area (Å²) in [5, 5.41) is 3.42. The molecule has 0 bridgehead atoms. The van der Waals surface area contributed by atoms with Crippen molar-refractivity contribution in [3.63, 3.8) is 0 Å². The second-order valence-electron chi connectivity index (χ2n) is 7.09. The van der Waals surface area contributed by atoms with Gasteiger partial charge in [0, 0.05) is 11.9 Å². The molecule has 2 heterocycles. The van der Waals surface area contributed by atoms with Gasteiger partial charge in [-0.25, -0.2) is 4.98 Å². The van der Waals surface area contributed by atoms with Crippen molar-refractivity contribution < 1.29 is 4.79 Å². The predicted octanol–water partition coefficient (Wildman–Crippen LogP) is 3.27. The summed E-state index contributed by atoms with van der Waals surface area (Å²) in [6.07, 6.45) is 8.83. The largest absolute Gasteiger partial charge is 0.358 e. The van der Waals surface area contributed by atoms with E-state index < -0.39 is 0 Å². The van der Waals surface area contributed by atoms with E-state index in [-0.39, 0.29) is 17.6 Å². The molecule has 1 fully saturated rings. The van der Waals surface area contributed by atoms with E-state index in [4.69, 9.17) is 0 Å². The highest BCUT2D eigenvalue weighted by atomic mass is 16.1. The molecule has 1 aromatic heterocycles. The summed E-state index contributed by atoms with van der Waals surface area (Å²) >= 11 is 0. The van der Waals surface area contributed by atoms with Gasteiger partial charge in [0.15, 0.2) is 5.82 Å². The number of aromatic nitrogens is 2. The third-order valence-electron chi connectivity index (χ3n) is 5.58. The monoisotopic (exact) mass is 337 g/mol. The van der Waals surface area contributed by atoms with Crippen molar-refractivity contribution in [1.29, 1.82) is 0 Å². The van der Waals surface area contributed by atoms with Gasteiger partial charge < -0.3 is 10.1 Å². The Morgan fingerprint density at radius 3 is 2.64 bits per heavy atom. The summed E-state index contributed by atoms with van der Waals surface area (Å²) in [6, 6.07) is 10.0. The minimum atomic E-state index is -0.354. The predicted molar refractivity (Wildman–Crippen MR) is 96.7 cm³/mol. The van der Waals surface area contributed by atoms with Crippen molar-refractivity contribution in [2.24, 2.45) is 5.92 Å². The van der Waals surface area contributed by atoms with Gasteiger partial charge >= 0.3 is 0 Å². The van der Waals surface area contributed by atoms with Gasteiger partial charge in [-0.3, -0.25) is 9.36 Å². The van der Waals surface area contributed by atoms with Crippen LogP contribution in [0, 0.1) is 5.92 Å². The van der Waals surface area contributed by atoms with Crippen LogP contribution >= 0.6 is 0 Å². The molecule has 5 nitrogen and oxygen atoms in total. The van der Waals surface area contributed by atoms with E-state index in [1.54, 1.807) is 10.8 Å². The van der Waals surface area contributed by atoms with Gasteiger partial charge in [-0.2, -0.15) is 0 Å². The van der Waals surface area contributed by atoms with Crippen molar-refractivity contribution in [3.05, 3.63) is 58.1 Å². The molecular formula is C20H23N3O2. The molecule has 1 saturated carbocycles. The molecule has 2 unspecified atom stereocenters. The lowest BCUT2D eigenvalue weighted by Crippen LogP contribution is -2.30. The molecule has 25 heavy (non-hydrogen) atoms. The molecule has 0 amide bonds. The Bertz CT molecular complexity index is 809. The highest BCUT2D eigenvalue weighted by Gasteiger charge is 2.29. The third kappa shape index (κ3) is 2.99. The zero-order valence-corrected chi connectivity index (χ0v) is 14.2. The molecule has 0 radical (unpaired) electrons. The molecule has 0 saturated heterocycles. The molecule has 5 heteroatoms. The van der Waals surface area contributed by atoms with Crippen LogP contribution < -0.4 is 10.9 Å². The molecule has 1 aromatic carbocycles. The summed E-state index contributed by atoms with van der Waals surface area (Å²) in [7, 11) is 0. The summed E-state index contributed by atoms with van der Waals surface area (Å²) in [6.45, 7) is 0. The summed E-state index contributed by atoms with van der Waals surface area (Å²) in [5.74, 6) is 0.863. The Balaban J connectivity index is 1.69. The Labute approximate surface area is 147 Å². The topological polar surface area (TPSA) is 64.0 Å². The maximum absolute atomic E-state index is 12.9. The maximum atomic E-state index is 12.9. The molecule has 130 valence electrons. The molecule has 0 spiro atoms. The first-order chi connectivity index (χ1) is 12.3. The second-order valence-corrected chi connectivity index (χ2v) is 7.09. The molecular weight excluding hydrogens is 314 g/mol. The highest BCUT2D eigenvalue weighted by molar-refractivity contribution is 5.57. The van der Waals surface area contributed by atoms with Gasteiger partial charge in [-0.15, -0.1) is 0 Å². The third-order valence-corrected chi connectivity index (χ3v) is 5.58. The van der Waals surface area contributed by atoms with Crippen LogP contribution in [0.3, 0.4) is 0 Å². The van der Waals surface area contributed by atoms with Gasteiger partial charge in [-0.1, -0.05) is 43.2 Å².